The molecule has 2 fully saturated rings. The molecule has 3 rings (SSSR count). The molecule has 0 radical (unpaired) electrons. The summed E-state index contributed by atoms with van der Waals surface area (Å²) in [6.45, 7) is 14.7. The van der Waals surface area contributed by atoms with Crippen molar-refractivity contribution in [2.24, 2.45) is 0 Å². The Morgan fingerprint density at radius 1 is 1.22 bits per heavy atom. The molecule has 2 saturated heterocycles. The Morgan fingerprint density at radius 2 is 1.74 bits per heavy atom. The van der Waals surface area contributed by atoms with Gasteiger partial charge in [-0.25, -0.2) is 0 Å². The van der Waals surface area contributed by atoms with Gasteiger partial charge in [0.15, 0.2) is 0 Å². The van der Waals surface area contributed by atoms with Crippen molar-refractivity contribution in [2.45, 2.75) is 78.0 Å². The smallest absolute Gasteiger partial charge is 0.399 e. The van der Waals surface area contributed by atoms with Crippen LogP contribution in [-0.4, -0.2) is 41.2 Å². The molecule has 2 aliphatic rings. The average molecular weight is 325 g/mol. The van der Waals surface area contributed by atoms with Crippen LogP contribution in [0.3, 0.4) is 0 Å². The molecular weight excluding hydrogens is 289 g/mol. The molecular formula is C17H36BN3O2. The van der Waals surface area contributed by atoms with Crippen molar-refractivity contribution < 1.29 is 12.2 Å². The van der Waals surface area contributed by atoms with Crippen LogP contribution in [0.5, 0.6) is 0 Å². The first kappa shape index (κ1) is 18.5. The summed E-state index contributed by atoms with van der Waals surface area (Å²) < 4.78 is 14.2. The minimum Gasteiger partial charge on any atom is -0.399 e. The van der Waals surface area contributed by atoms with Crippen molar-refractivity contribution in [1.82, 2.24) is 15.1 Å². The molecule has 6 heteroatoms. The second-order valence-corrected chi connectivity index (χ2v) is 7.53. The molecule has 0 spiro atoms. The van der Waals surface area contributed by atoms with Crippen molar-refractivity contribution in [1.29, 1.82) is 0 Å². The van der Waals surface area contributed by atoms with Crippen molar-refractivity contribution >= 4 is 12.6 Å². The summed E-state index contributed by atoms with van der Waals surface area (Å²) in [4.78, 5) is 0. The minimum absolute atomic E-state index is 0. The second kappa shape index (κ2) is 7.37. The Kier molecular flexibility index (Phi) is 5.92. The third kappa shape index (κ3) is 4.17. The van der Waals surface area contributed by atoms with Crippen LogP contribution in [0.4, 0.5) is 0 Å². The summed E-state index contributed by atoms with van der Waals surface area (Å²) in [6.07, 6.45) is 7.47. The summed E-state index contributed by atoms with van der Waals surface area (Å²) in [7, 11) is -0.310. The zero-order valence-corrected chi connectivity index (χ0v) is 15.6. The molecule has 1 N–H and O–H groups in total. The molecule has 0 aromatic carbocycles. The van der Waals surface area contributed by atoms with Gasteiger partial charge in [-0.3, -0.25) is 4.68 Å². The monoisotopic (exact) mass is 325 g/mol. The van der Waals surface area contributed by atoms with E-state index in [0.29, 0.717) is 6.04 Å². The Balaban J connectivity index is 0.00000108. The normalized spacial score (nSPS) is 23.5. The van der Waals surface area contributed by atoms with E-state index in [1.165, 1.54) is 6.42 Å². The Morgan fingerprint density at radius 3 is 2.26 bits per heavy atom. The SMILES string of the molecule is CC1(C)OB(c2cnn(C3CCNCC3)c2)OC1(C)C.CCC.[HH].[HH]. The number of hydrogen-bond acceptors (Lipinski definition) is 4. The van der Waals surface area contributed by atoms with Crippen LogP contribution >= 0.6 is 0 Å². The summed E-state index contributed by atoms with van der Waals surface area (Å²) in [5.41, 5.74) is 0.422. The van der Waals surface area contributed by atoms with Crippen molar-refractivity contribution in [3.05, 3.63) is 12.4 Å². The van der Waals surface area contributed by atoms with Crippen molar-refractivity contribution in [3.63, 3.8) is 0 Å². The van der Waals surface area contributed by atoms with E-state index in [4.69, 9.17) is 9.31 Å². The number of aromatic nitrogens is 2. The summed E-state index contributed by atoms with van der Waals surface area (Å²) in [5.74, 6) is 0. The first-order valence-electron chi connectivity index (χ1n) is 8.91. The molecule has 1 aromatic heterocycles. The van der Waals surface area contributed by atoms with E-state index in [2.05, 4.69) is 62.8 Å². The van der Waals surface area contributed by atoms with Gasteiger partial charge in [0.1, 0.15) is 0 Å². The fourth-order valence-electron chi connectivity index (χ4n) is 2.72. The largest absolute Gasteiger partial charge is 0.498 e. The zero-order chi connectivity index (χ0) is 17.1. The van der Waals surface area contributed by atoms with Crippen LogP contribution in [0.25, 0.3) is 0 Å². The van der Waals surface area contributed by atoms with E-state index in [1.54, 1.807) is 0 Å². The van der Waals surface area contributed by atoms with E-state index in [1.807, 2.05) is 6.20 Å². The lowest BCUT2D eigenvalue weighted by Gasteiger charge is -2.32. The predicted molar refractivity (Wildman–Crippen MR) is 99.3 cm³/mol. The molecule has 23 heavy (non-hydrogen) atoms. The third-order valence-electron chi connectivity index (χ3n) is 4.83. The lowest BCUT2D eigenvalue weighted by molar-refractivity contribution is 0.00578. The maximum absolute atomic E-state index is 6.06. The molecule has 0 atom stereocenters. The van der Waals surface area contributed by atoms with Gasteiger partial charge in [0.25, 0.3) is 0 Å². The fraction of sp³-hybridized carbons (Fsp3) is 0.824. The molecule has 134 valence electrons. The summed E-state index contributed by atoms with van der Waals surface area (Å²) >= 11 is 0. The summed E-state index contributed by atoms with van der Waals surface area (Å²) in [5, 5.41) is 7.89. The van der Waals surface area contributed by atoms with Gasteiger partial charge in [0, 0.05) is 20.7 Å². The molecule has 0 unspecified atom stereocenters. The maximum atomic E-state index is 6.06. The quantitative estimate of drug-likeness (QED) is 0.849. The van der Waals surface area contributed by atoms with E-state index in [9.17, 15) is 0 Å². The number of rotatable bonds is 2. The third-order valence-corrected chi connectivity index (χ3v) is 4.83. The van der Waals surface area contributed by atoms with Crippen molar-refractivity contribution in [2.75, 3.05) is 13.1 Å². The van der Waals surface area contributed by atoms with Gasteiger partial charge in [0.05, 0.1) is 17.2 Å². The minimum atomic E-state index is -0.310. The van der Waals surface area contributed by atoms with E-state index >= 15 is 0 Å². The Bertz CT molecular complexity index is 490. The van der Waals surface area contributed by atoms with Crippen LogP contribution in [0.2, 0.25) is 0 Å². The highest BCUT2D eigenvalue weighted by Gasteiger charge is 2.52. The Labute approximate surface area is 144 Å². The highest BCUT2D eigenvalue weighted by Crippen LogP contribution is 2.36. The highest BCUT2D eigenvalue weighted by atomic mass is 16.7. The van der Waals surface area contributed by atoms with E-state index in [0.717, 1.165) is 31.4 Å². The standard InChI is InChI=1S/C14H24BN3O2.C3H8.2H2/c1-13(2)14(3,4)20-15(19-13)11-9-17-18(10-11)12-5-7-16-8-6-12;1-3-2;;/h9-10,12,16H,5-8H2,1-4H3;3H2,1-2H3;2*1H. The van der Waals surface area contributed by atoms with Crippen LogP contribution in [0.15, 0.2) is 12.4 Å². The number of nitrogens with zero attached hydrogens (tertiary/aromatic N) is 2. The van der Waals surface area contributed by atoms with Gasteiger partial charge < -0.3 is 14.6 Å². The van der Waals surface area contributed by atoms with Gasteiger partial charge in [0.2, 0.25) is 0 Å². The highest BCUT2D eigenvalue weighted by molar-refractivity contribution is 6.61. The molecule has 0 bridgehead atoms. The molecule has 0 saturated carbocycles. The molecule has 1 aromatic rings. The van der Waals surface area contributed by atoms with Gasteiger partial charge in [-0.05, 0) is 53.6 Å². The number of nitrogens with one attached hydrogen (secondary N) is 1. The van der Waals surface area contributed by atoms with Crippen molar-refractivity contribution in [3.8, 4) is 0 Å². The Hall–Kier alpha value is -0.845. The van der Waals surface area contributed by atoms with Gasteiger partial charge in [-0.1, -0.05) is 20.3 Å². The maximum Gasteiger partial charge on any atom is 0.498 e. The molecule has 0 aliphatic carbocycles. The topological polar surface area (TPSA) is 48.3 Å². The number of piperidine rings is 1. The summed E-state index contributed by atoms with van der Waals surface area (Å²) in [6, 6.07) is 0.493. The van der Waals surface area contributed by atoms with Crippen LogP contribution in [-0.2, 0) is 9.31 Å². The average Bonchev–Trinajstić information content (AvgIpc) is 3.04. The van der Waals surface area contributed by atoms with Crippen LogP contribution in [0.1, 0.15) is 69.7 Å². The number of hydrogen-bond donors (Lipinski definition) is 1. The van der Waals surface area contributed by atoms with Crippen LogP contribution in [0, 0.1) is 0 Å². The first-order chi connectivity index (χ1) is 10.8. The fourth-order valence-corrected chi connectivity index (χ4v) is 2.72. The van der Waals surface area contributed by atoms with E-state index in [-0.39, 0.29) is 21.2 Å². The lowest BCUT2D eigenvalue weighted by atomic mass is 9.82. The molecule has 5 nitrogen and oxygen atoms in total. The lowest BCUT2D eigenvalue weighted by Crippen LogP contribution is -2.41. The first-order valence-corrected chi connectivity index (χ1v) is 8.91. The molecule has 2 aliphatic heterocycles. The zero-order valence-electron chi connectivity index (χ0n) is 15.6. The second-order valence-electron chi connectivity index (χ2n) is 7.53. The van der Waals surface area contributed by atoms with Gasteiger partial charge >= 0.3 is 7.12 Å². The molecule has 3 heterocycles. The van der Waals surface area contributed by atoms with E-state index < -0.39 is 0 Å². The predicted octanol–water partition coefficient (Wildman–Crippen LogP) is 3.02. The van der Waals surface area contributed by atoms with Gasteiger partial charge in [-0.15, -0.1) is 0 Å². The van der Waals surface area contributed by atoms with Crippen LogP contribution < -0.4 is 10.8 Å². The molecule has 0 amide bonds. The van der Waals surface area contributed by atoms with Gasteiger partial charge in [-0.2, -0.15) is 5.10 Å².